The number of esters is 1. The number of carbonyl (C=O) groups is 1. The average Bonchev–Trinajstić information content (AvgIpc) is 3.19. The van der Waals surface area contributed by atoms with E-state index in [1.807, 2.05) is 0 Å². The third-order valence-corrected chi connectivity index (χ3v) is 2.93. The van der Waals surface area contributed by atoms with Gasteiger partial charge >= 0.3 is 5.97 Å². The highest BCUT2D eigenvalue weighted by Crippen LogP contribution is 2.27. The molecule has 1 atom stereocenters. The molecule has 0 bridgehead atoms. The second kappa shape index (κ2) is 5.35. The van der Waals surface area contributed by atoms with Crippen LogP contribution in [0.3, 0.4) is 0 Å². The van der Waals surface area contributed by atoms with E-state index in [1.54, 1.807) is 6.07 Å². The van der Waals surface area contributed by atoms with Crippen LogP contribution in [0, 0.1) is 5.82 Å². The first-order valence-electron chi connectivity index (χ1n) is 5.83. The number of methoxy groups -OCH3 is 2. The van der Waals surface area contributed by atoms with Gasteiger partial charge in [-0.1, -0.05) is 6.07 Å². The minimum absolute atomic E-state index is 0.161. The van der Waals surface area contributed by atoms with Gasteiger partial charge in [-0.15, -0.1) is 0 Å². The van der Waals surface area contributed by atoms with Gasteiger partial charge in [-0.05, 0) is 30.5 Å². The van der Waals surface area contributed by atoms with Gasteiger partial charge in [0, 0.05) is 6.04 Å². The molecule has 1 aromatic rings. The van der Waals surface area contributed by atoms with E-state index in [0.29, 0.717) is 11.6 Å². The van der Waals surface area contributed by atoms with Gasteiger partial charge in [0.1, 0.15) is 6.04 Å². The van der Waals surface area contributed by atoms with E-state index in [-0.39, 0.29) is 5.75 Å². The third kappa shape index (κ3) is 2.79. The second-order valence-electron chi connectivity index (χ2n) is 4.29. The molecule has 1 N–H and O–H groups in total. The van der Waals surface area contributed by atoms with Gasteiger partial charge < -0.3 is 9.47 Å². The standard InChI is InChI=1S/C13H16FNO3/c1-17-11-6-3-8(7-10(11)14)12(13(16)18-2)15-9-4-5-9/h3,6-7,9,12,15H,4-5H2,1-2H3. The molecule has 18 heavy (non-hydrogen) atoms. The van der Waals surface area contributed by atoms with Crippen molar-refractivity contribution in [2.45, 2.75) is 24.9 Å². The summed E-state index contributed by atoms with van der Waals surface area (Å²) in [6, 6.07) is 4.17. The molecule has 4 nitrogen and oxygen atoms in total. The molecule has 0 aromatic heterocycles. The van der Waals surface area contributed by atoms with Gasteiger partial charge in [0.25, 0.3) is 0 Å². The average molecular weight is 253 g/mol. The van der Waals surface area contributed by atoms with E-state index in [1.165, 1.54) is 26.4 Å². The maximum atomic E-state index is 13.6. The largest absolute Gasteiger partial charge is 0.494 e. The fourth-order valence-electron chi connectivity index (χ4n) is 1.77. The Morgan fingerprint density at radius 2 is 2.17 bits per heavy atom. The summed E-state index contributed by atoms with van der Waals surface area (Å²) in [4.78, 5) is 11.7. The van der Waals surface area contributed by atoms with E-state index in [0.717, 1.165) is 12.8 Å². The highest BCUT2D eigenvalue weighted by atomic mass is 19.1. The Morgan fingerprint density at radius 1 is 1.44 bits per heavy atom. The van der Waals surface area contributed by atoms with Crippen LogP contribution in [0.5, 0.6) is 5.75 Å². The molecule has 0 heterocycles. The SMILES string of the molecule is COC(=O)C(NC1CC1)c1ccc(OC)c(F)c1. The minimum atomic E-state index is -0.622. The molecule has 1 saturated carbocycles. The topological polar surface area (TPSA) is 47.6 Å². The van der Waals surface area contributed by atoms with Crippen molar-refractivity contribution in [2.75, 3.05) is 14.2 Å². The zero-order valence-electron chi connectivity index (χ0n) is 10.4. The lowest BCUT2D eigenvalue weighted by Gasteiger charge is -2.17. The predicted molar refractivity (Wildman–Crippen MR) is 63.9 cm³/mol. The molecule has 5 heteroatoms. The lowest BCUT2D eigenvalue weighted by Crippen LogP contribution is -2.31. The summed E-state index contributed by atoms with van der Waals surface area (Å²) < 4.78 is 23.2. The molecule has 1 fully saturated rings. The van der Waals surface area contributed by atoms with Gasteiger partial charge in [0.15, 0.2) is 11.6 Å². The number of halogens is 1. The first-order valence-corrected chi connectivity index (χ1v) is 5.83. The van der Waals surface area contributed by atoms with Crippen molar-refractivity contribution in [3.8, 4) is 5.75 Å². The van der Waals surface area contributed by atoms with Crippen LogP contribution in [0.4, 0.5) is 4.39 Å². The van der Waals surface area contributed by atoms with Crippen LogP contribution >= 0.6 is 0 Å². The van der Waals surface area contributed by atoms with Crippen molar-refractivity contribution >= 4 is 5.97 Å². The first-order chi connectivity index (χ1) is 8.65. The highest BCUT2D eigenvalue weighted by Gasteiger charge is 2.30. The van der Waals surface area contributed by atoms with Gasteiger partial charge in [-0.2, -0.15) is 0 Å². The molecule has 2 rings (SSSR count). The fourth-order valence-corrected chi connectivity index (χ4v) is 1.77. The van der Waals surface area contributed by atoms with Gasteiger partial charge in [-0.3, -0.25) is 5.32 Å². The normalized spacial score (nSPS) is 16.2. The molecule has 98 valence electrons. The van der Waals surface area contributed by atoms with E-state index in [4.69, 9.17) is 9.47 Å². The highest BCUT2D eigenvalue weighted by molar-refractivity contribution is 5.77. The number of hydrogen-bond donors (Lipinski definition) is 1. The fraction of sp³-hybridized carbons (Fsp3) is 0.462. The summed E-state index contributed by atoms with van der Waals surface area (Å²) in [7, 11) is 2.72. The zero-order valence-corrected chi connectivity index (χ0v) is 10.4. The lowest BCUT2D eigenvalue weighted by molar-refractivity contribution is -0.143. The molecule has 0 aliphatic heterocycles. The summed E-state index contributed by atoms with van der Waals surface area (Å²) in [5.41, 5.74) is 0.548. The molecular weight excluding hydrogens is 237 g/mol. The molecule has 0 radical (unpaired) electrons. The van der Waals surface area contributed by atoms with Crippen molar-refractivity contribution in [3.05, 3.63) is 29.6 Å². The van der Waals surface area contributed by atoms with Gasteiger partial charge in [0.05, 0.1) is 14.2 Å². The Balaban J connectivity index is 2.23. The second-order valence-corrected chi connectivity index (χ2v) is 4.29. The van der Waals surface area contributed by atoms with E-state index >= 15 is 0 Å². The summed E-state index contributed by atoms with van der Waals surface area (Å²) in [6.45, 7) is 0. The van der Waals surface area contributed by atoms with Crippen molar-refractivity contribution in [1.29, 1.82) is 0 Å². The van der Waals surface area contributed by atoms with Crippen LogP contribution in [0.25, 0.3) is 0 Å². The van der Waals surface area contributed by atoms with Crippen LogP contribution in [0.15, 0.2) is 18.2 Å². The molecule has 0 amide bonds. The quantitative estimate of drug-likeness (QED) is 0.813. The van der Waals surface area contributed by atoms with Crippen molar-refractivity contribution in [1.82, 2.24) is 5.32 Å². The molecule has 1 aromatic carbocycles. The third-order valence-electron chi connectivity index (χ3n) is 2.93. The van der Waals surface area contributed by atoms with Crippen LogP contribution in [-0.4, -0.2) is 26.2 Å². The van der Waals surface area contributed by atoms with Gasteiger partial charge in [0.2, 0.25) is 0 Å². The first kappa shape index (κ1) is 12.8. The van der Waals surface area contributed by atoms with Crippen molar-refractivity contribution in [3.63, 3.8) is 0 Å². The number of nitrogens with one attached hydrogen (secondary N) is 1. The minimum Gasteiger partial charge on any atom is -0.494 e. The number of benzene rings is 1. The number of carbonyl (C=O) groups excluding carboxylic acids is 1. The van der Waals surface area contributed by atoms with E-state index in [9.17, 15) is 9.18 Å². The Morgan fingerprint density at radius 3 is 2.67 bits per heavy atom. The number of rotatable bonds is 5. The Labute approximate surface area is 105 Å². The van der Waals surface area contributed by atoms with Crippen LogP contribution < -0.4 is 10.1 Å². The van der Waals surface area contributed by atoms with Crippen molar-refractivity contribution < 1.29 is 18.7 Å². The monoisotopic (exact) mass is 253 g/mol. The summed E-state index contributed by atoms with van der Waals surface area (Å²) in [6.07, 6.45) is 2.07. The Hall–Kier alpha value is -1.62. The van der Waals surface area contributed by atoms with Crippen LogP contribution in [0.1, 0.15) is 24.4 Å². The number of hydrogen-bond acceptors (Lipinski definition) is 4. The molecular formula is C13H16FNO3. The summed E-state index contributed by atoms with van der Waals surface area (Å²) in [5, 5.41) is 3.14. The molecule has 1 aliphatic rings. The van der Waals surface area contributed by atoms with Crippen LogP contribution in [0.2, 0.25) is 0 Å². The van der Waals surface area contributed by atoms with Gasteiger partial charge in [-0.25, -0.2) is 9.18 Å². The van der Waals surface area contributed by atoms with E-state index in [2.05, 4.69) is 5.32 Å². The zero-order chi connectivity index (χ0) is 13.1. The molecule has 0 saturated heterocycles. The van der Waals surface area contributed by atoms with E-state index < -0.39 is 17.8 Å². The maximum Gasteiger partial charge on any atom is 0.327 e. The predicted octanol–water partition coefficient (Wildman–Crippen LogP) is 1.80. The Kier molecular flexibility index (Phi) is 3.81. The maximum absolute atomic E-state index is 13.6. The smallest absolute Gasteiger partial charge is 0.327 e. The summed E-state index contributed by atoms with van der Waals surface area (Å²) in [5.74, 6) is -0.734. The molecule has 0 spiro atoms. The Bertz CT molecular complexity index is 446. The molecule has 1 unspecified atom stereocenters. The molecule has 1 aliphatic carbocycles. The van der Waals surface area contributed by atoms with Crippen molar-refractivity contribution in [2.24, 2.45) is 0 Å². The lowest BCUT2D eigenvalue weighted by atomic mass is 10.1. The number of ether oxygens (including phenoxy) is 2. The van der Waals surface area contributed by atoms with Crippen LogP contribution in [-0.2, 0) is 9.53 Å². The summed E-state index contributed by atoms with van der Waals surface area (Å²) >= 11 is 0.